The molecule has 2 aromatic rings. The number of aromatic nitrogens is 1. The van der Waals surface area contributed by atoms with Gasteiger partial charge in [0, 0.05) is 21.7 Å². The van der Waals surface area contributed by atoms with Gasteiger partial charge in [0.2, 0.25) is 0 Å². The van der Waals surface area contributed by atoms with Crippen LogP contribution in [0.1, 0.15) is 29.8 Å². The van der Waals surface area contributed by atoms with Crippen LogP contribution in [0.25, 0.3) is 0 Å². The Kier molecular flexibility index (Phi) is 4.71. The Hall–Kier alpha value is -0.710. The molecular weight excluding hydrogens is 296 g/mol. The molecule has 0 aliphatic heterocycles. The maximum Gasteiger partial charge on any atom is 0.0683 e. The molecule has 1 N–H and O–H groups in total. The molecule has 2 rings (SSSR count). The molecule has 0 aromatic carbocycles. The van der Waals surface area contributed by atoms with E-state index in [-0.39, 0.29) is 6.04 Å². The van der Waals surface area contributed by atoms with E-state index in [0.29, 0.717) is 0 Å². The number of nitrogens with zero attached hydrogens (tertiary/aromatic N) is 1. The quantitative estimate of drug-likeness (QED) is 0.903. The predicted molar refractivity (Wildman–Crippen MR) is 76.4 cm³/mol. The molecule has 2 nitrogen and oxygen atoms in total. The maximum absolute atomic E-state index is 4.08. The van der Waals surface area contributed by atoms with Crippen LogP contribution in [0.15, 0.2) is 40.4 Å². The molecule has 2 heterocycles. The zero-order valence-corrected chi connectivity index (χ0v) is 12.1. The molecule has 0 aliphatic rings. The van der Waals surface area contributed by atoms with Gasteiger partial charge in [-0.25, -0.2) is 0 Å². The highest BCUT2D eigenvalue weighted by Crippen LogP contribution is 2.32. The van der Waals surface area contributed by atoms with E-state index < -0.39 is 0 Å². The molecule has 0 bridgehead atoms. The minimum atomic E-state index is 0.257. The summed E-state index contributed by atoms with van der Waals surface area (Å²) < 4.78 is 1.17. The first-order valence-electron chi connectivity index (χ1n) is 5.69. The Morgan fingerprint density at radius 2 is 2.12 bits per heavy atom. The highest BCUT2D eigenvalue weighted by Gasteiger charge is 2.16. The van der Waals surface area contributed by atoms with Crippen molar-refractivity contribution in [3.63, 3.8) is 0 Å². The Labute approximate surface area is 114 Å². The van der Waals surface area contributed by atoms with Gasteiger partial charge in [-0.1, -0.05) is 6.92 Å². The Bertz CT molecular complexity index is 455. The van der Waals surface area contributed by atoms with Crippen LogP contribution in [0.4, 0.5) is 0 Å². The fourth-order valence-corrected chi connectivity index (χ4v) is 3.42. The Morgan fingerprint density at radius 1 is 1.35 bits per heavy atom. The summed E-state index contributed by atoms with van der Waals surface area (Å²) in [6, 6.07) is 6.49. The van der Waals surface area contributed by atoms with Crippen LogP contribution in [0.5, 0.6) is 0 Å². The summed E-state index contributed by atoms with van der Waals surface area (Å²) in [7, 11) is 0. The van der Waals surface area contributed by atoms with Crippen molar-refractivity contribution in [1.29, 1.82) is 0 Å². The highest BCUT2D eigenvalue weighted by molar-refractivity contribution is 9.10. The van der Waals surface area contributed by atoms with Gasteiger partial charge in [-0.2, -0.15) is 0 Å². The largest absolute Gasteiger partial charge is 0.306 e. The molecule has 0 spiro atoms. The number of pyridine rings is 1. The molecule has 17 heavy (non-hydrogen) atoms. The topological polar surface area (TPSA) is 24.9 Å². The van der Waals surface area contributed by atoms with Crippen LogP contribution in [0, 0.1) is 0 Å². The zero-order chi connectivity index (χ0) is 12.1. The van der Waals surface area contributed by atoms with Gasteiger partial charge in [-0.3, -0.25) is 4.98 Å². The third kappa shape index (κ3) is 3.15. The van der Waals surface area contributed by atoms with Crippen LogP contribution in [0.2, 0.25) is 0 Å². The van der Waals surface area contributed by atoms with Crippen molar-refractivity contribution < 1.29 is 0 Å². The van der Waals surface area contributed by atoms with Crippen LogP contribution < -0.4 is 5.32 Å². The molecule has 0 fully saturated rings. The van der Waals surface area contributed by atoms with E-state index in [1.807, 2.05) is 12.4 Å². The zero-order valence-electron chi connectivity index (χ0n) is 9.69. The molecule has 0 aliphatic carbocycles. The van der Waals surface area contributed by atoms with Crippen molar-refractivity contribution >= 4 is 27.3 Å². The number of thiophene rings is 1. The molecule has 2 aromatic heterocycles. The summed E-state index contributed by atoms with van der Waals surface area (Å²) in [5.41, 5.74) is 1.26. The van der Waals surface area contributed by atoms with Crippen molar-refractivity contribution in [2.75, 3.05) is 6.54 Å². The van der Waals surface area contributed by atoms with E-state index >= 15 is 0 Å². The van der Waals surface area contributed by atoms with Crippen LogP contribution in [0.3, 0.4) is 0 Å². The van der Waals surface area contributed by atoms with E-state index in [1.54, 1.807) is 11.3 Å². The number of hydrogen-bond donors (Lipinski definition) is 1. The van der Waals surface area contributed by atoms with Crippen molar-refractivity contribution in [2.24, 2.45) is 0 Å². The molecule has 0 radical (unpaired) electrons. The summed E-state index contributed by atoms with van der Waals surface area (Å²) >= 11 is 5.38. The monoisotopic (exact) mass is 310 g/mol. The number of rotatable bonds is 5. The number of hydrogen-bond acceptors (Lipinski definition) is 3. The van der Waals surface area contributed by atoms with Gasteiger partial charge in [0.05, 0.1) is 6.04 Å². The van der Waals surface area contributed by atoms with Gasteiger partial charge in [0.1, 0.15) is 0 Å². The third-order valence-electron chi connectivity index (χ3n) is 2.54. The van der Waals surface area contributed by atoms with E-state index in [4.69, 9.17) is 0 Å². The number of nitrogens with one attached hydrogen (secondary N) is 1. The minimum Gasteiger partial charge on any atom is -0.306 e. The second-order valence-electron chi connectivity index (χ2n) is 3.80. The first kappa shape index (κ1) is 12.7. The molecule has 1 atom stereocenters. The lowest BCUT2D eigenvalue weighted by atomic mass is 10.1. The van der Waals surface area contributed by atoms with E-state index in [1.165, 1.54) is 14.9 Å². The Morgan fingerprint density at radius 3 is 2.71 bits per heavy atom. The smallest absolute Gasteiger partial charge is 0.0683 e. The summed E-state index contributed by atoms with van der Waals surface area (Å²) in [4.78, 5) is 5.40. The summed E-state index contributed by atoms with van der Waals surface area (Å²) in [5.74, 6) is 0. The maximum atomic E-state index is 4.08. The fraction of sp³-hybridized carbons (Fsp3) is 0.308. The third-order valence-corrected chi connectivity index (χ3v) is 4.48. The van der Waals surface area contributed by atoms with Crippen molar-refractivity contribution in [2.45, 2.75) is 19.4 Å². The van der Waals surface area contributed by atoms with Gasteiger partial charge >= 0.3 is 0 Å². The van der Waals surface area contributed by atoms with E-state index in [2.05, 4.69) is 56.7 Å². The van der Waals surface area contributed by atoms with Crippen LogP contribution in [-0.4, -0.2) is 11.5 Å². The van der Waals surface area contributed by atoms with Gasteiger partial charge < -0.3 is 5.32 Å². The molecule has 4 heteroatoms. The van der Waals surface area contributed by atoms with Crippen molar-refractivity contribution in [1.82, 2.24) is 10.3 Å². The second kappa shape index (κ2) is 6.28. The first-order chi connectivity index (χ1) is 8.33. The average Bonchev–Trinajstić information content (AvgIpc) is 2.78. The number of halogens is 1. The predicted octanol–water partition coefficient (Wildman–Crippen LogP) is 3.99. The lowest BCUT2D eigenvalue weighted by Crippen LogP contribution is -2.22. The van der Waals surface area contributed by atoms with Gasteiger partial charge in [-0.05, 0) is 58.0 Å². The molecule has 0 saturated carbocycles. The first-order valence-corrected chi connectivity index (χ1v) is 7.36. The van der Waals surface area contributed by atoms with Gasteiger partial charge in [-0.15, -0.1) is 11.3 Å². The van der Waals surface area contributed by atoms with Crippen molar-refractivity contribution in [3.05, 3.63) is 50.9 Å². The molecule has 0 amide bonds. The minimum absolute atomic E-state index is 0.257. The molecule has 0 saturated heterocycles. The normalized spacial score (nSPS) is 12.6. The highest BCUT2D eigenvalue weighted by atomic mass is 79.9. The molecule has 1 unspecified atom stereocenters. The van der Waals surface area contributed by atoms with Crippen molar-refractivity contribution in [3.8, 4) is 0 Å². The van der Waals surface area contributed by atoms with Crippen LogP contribution >= 0.6 is 27.3 Å². The summed E-state index contributed by atoms with van der Waals surface area (Å²) in [5, 5.41) is 5.69. The SMILES string of the molecule is CCCNC(c1ccncc1)c1sccc1Br. The standard InChI is InChI=1S/C13H15BrN2S/c1-2-6-16-12(10-3-7-15-8-4-10)13-11(14)5-9-17-13/h3-5,7-9,12,16H,2,6H2,1H3. The average molecular weight is 311 g/mol. The summed E-state index contributed by atoms with van der Waals surface area (Å²) in [6.07, 6.45) is 4.82. The van der Waals surface area contributed by atoms with Crippen LogP contribution in [-0.2, 0) is 0 Å². The summed E-state index contributed by atoms with van der Waals surface area (Å²) in [6.45, 7) is 3.19. The fourth-order valence-electron chi connectivity index (χ4n) is 1.72. The molecular formula is C13H15BrN2S. The molecule has 90 valence electrons. The van der Waals surface area contributed by atoms with Gasteiger partial charge in [0.25, 0.3) is 0 Å². The Balaban J connectivity index is 2.29. The van der Waals surface area contributed by atoms with Gasteiger partial charge in [0.15, 0.2) is 0 Å². The van der Waals surface area contributed by atoms with E-state index in [0.717, 1.165) is 13.0 Å². The lowest BCUT2D eigenvalue weighted by molar-refractivity contribution is 0.604. The van der Waals surface area contributed by atoms with E-state index in [9.17, 15) is 0 Å². The lowest BCUT2D eigenvalue weighted by Gasteiger charge is -2.18. The second-order valence-corrected chi connectivity index (χ2v) is 5.60.